The van der Waals surface area contributed by atoms with Crippen molar-refractivity contribution in [1.82, 2.24) is 9.80 Å². The van der Waals surface area contributed by atoms with Crippen molar-refractivity contribution in [3.8, 4) is 0 Å². The van der Waals surface area contributed by atoms with Gasteiger partial charge >= 0.3 is 12.0 Å². The Bertz CT molecular complexity index is 812. The number of nitrogens with two attached hydrogens (primary N) is 1. The van der Waals surface area contributed by atoms with E-state index in [0.717, 1.165) is 22.3 Å². The number of esters is 1. The van der Waals surface area contributed by atoms with Gasteiger partial charge in [-0.1, -0.05) is 12.1 Å². The highest BCUT2D eigenvalue weighted by molar-refractivity contribution is 6.07. The number of likely N-dealkylation sites (N-methyl/N-ethyl adjacent to an activating group) is 2. The molecule has 26 heavy (non-hydrogen) atoms. The molecule has 7 heteroatoms. The maximum absolute atomic E-state index is 12.7. The summed E-state index contributed by atoms with van der Waals surface area (Å²) >= 11 is 0. The Labute approximate surface area is 152 Å². The fraction of sp³-hybridized carbons (Fsp3) is 0.526. The van der Waals surface area contributed by atoms with Crippen molar-refractivity contribution in [2.24, 2.45) is 5.73 Å². The van der Waals surface area contributed by atoms with Crippen molar-refractivity contribution in [2.75, 3.05) is 20.7 Å². The van der Waals surface area contributed by atoms with Crippen LogP contribution in [0.5, 0.6) is 0 Å². The fourth-order valence-corrected chi connectivity index (χ4v) is 4.64. The number of carbonyl (C=O) groups excluding carboxylic acids is 3. The smallest absolute Gasteiger partial charge is 0.327 e. The van der Waals surface area contributed by atoms with E-state index in [-0.39, 0.29) is 17.9 Å². The quantitative estimate of drug-likeness (QED) is 0.611. The van der Waals surface area contributed by atoms with Gasteiger partial charge in [0.15, 0.2) is 0 Å². The molecule has 2 aliphatic carbocycles. The Hall–Kier alpha value is -2.41. The molecule has 3 amide bonds. The molecule has 0 aromatic heterocycles. The largest absolute Gasteiger partial charge is 0.465 e. The molecule has 0 unspecified atom stereocenters. The molecule has 0 atom stereocenters. The molecule has 1 aromatic rings. The van der Waals surface area contributed by atoms with Gasteiger partial charge in [-0.2, -0.15) is 0 Å². The van der Waals surface area contributed by atoms with Gasteiger partial charge in [0.1, 0.15) is 11.1 Å². The lowest BCUT2D eigenvalue weighted by atomic mass is 9.94. The normalized spacial score (nSPS) is 22.2. The Morgan fingerprint density at radius 3 is 2.00 bits per heavy atom. The first-order chi connectivity index (χ1) is 12.2. The summed E-state index contributed by atoms with van der Waals surface area (Å²) in [7, 11) is 3.22. The highest BCUT2D eigenvalue weighted by atomic mass is 16.5. The van der Waals surface area contributed by atoms with Gasteiger partial charge in [-0.15, -0.1) is 0 Å². The SMILES string of the molecule is CCOC(=O)C1(N)Cc2cc3c(cc2C1)CC1(C3)C(=O)N(C)C(=O)N1C. The van der Waals surface area contributed by atoms with Crippen LogP contribution in [0.15, 0.2) is 12.1 Å². The minimum absolute atomic E-state index is 0.152. The maximum atomic E-state index is 12.7. The lowest BCUT2D eigenvalue weighted by Crippen LogP contribution is -2.50. The third kappa shape index (κ3) is 2.06. The van der Waals surface area contributed by atoms with Crippen molar-refractivity contribution in [1.29, 1.82) is 0 Å². The summed E-state index contributed by atoms with van der Waals surface area (Å²) in [6.45, 7) is 2.08. The molecule has 3 aliphatic rings. The predicted octanol–water partition coefficient (Wildman–Crippen LogP) is 0.407. The second-order valence-corrected chi connectivity index (χ2v) is 7.71. The van der Waals surface area contributed by atoms with Crippen LogP contribution in [0.3, 0.4) is 0 Å². The molecule has 1 heterocycles. The first-order valence-electron chi connectivity index (χ1n) is 8.87. The summed E-state index contributed by atoms with van der Waals surface area (Å²) in [5.74, 6) is -0.521. The molecule has 0 bridgehead atoms. The lowest BCUT2D eigenvalue weighted by molar-refractivity contribution is -0.149. The third-order valence-corrected chi connectivity index (χ3v) is 6.10. The Balaban J connectivity index is 1.65. The van der Waals surface area contributed by atoms with E-state index in [1.165, 1.54) is 11.9 Å². The highest BCUT2D eigenvalue weighted by Gasteiger charge is 2.57. The van der Waals surface area contributed by atoms with Gasteiger partial charge in [0, 0.05) is 39.8 Å². The summed E-state index contributed by atoms with van der Waals surface area (Å²) in [5, 5.41) is 0. The van der Waals surface area contributed by atoms with Crippen molar-refractivity contribution in [3.63, 3.8) is 0 Å². The molecule has 0 saturated carbocycles. The summed E-state index contributed by atoms with van der Waals surface area (Å²) in [4.78, 5) is 39.9. The number of urea groups is 1. The summed E-state index contributed by atoms with van der Waals surface area (Å²) in [6, 6.07) is 3.84. The number of ether oxygens (including phenoxy) is 1. The zero-order chi connectivity index (χ0) is 18.9. The van der Waals surface area contributed by atoms with Crippen LogP contribution < -0.4 is 5.73 Å². The van der Waals surface area contributed by atoms with Gasteiger partial charge in [-0.3, -0.25) is 14.5 Å². The Morgan fingerprint density at radius 1 is 1.08 bits per heavy atom. The van der Waals surface area contributed by atoms with E-state index >= 15 is 0 Å². The molecule has 1 aliphatic heterocycles. The third-order valence-electron chi connectivity index (χ3n) is 6.10. The number of rotatable bonds is 2. The zero-order valence-corrected chi connectivity index (χ0v) is 15.3. The Morgan fingerprint density at radius 2 is 1.58 bits per heavy atom. The maximum Gasteiger partial charge on any atom is 0.327 e. The standard InChI is InChI=1S/C19H23N3O4/c1-4-26-16(24)18(20)7-11-5-13-9-19(10-14(13)6-12(11)8-18)15(23)21(2)17(25)22(19)3/h5-6H,4,7-10,20H2,1-3H3. The van der Waals surface area contributed by atoms with E-state index in [1.807, 2.05) is 0 Å². The number of amides is 3. The van der Waals surface area contributed by atoms with Crippen LogP contribution in [-0.4, -0.2) is 59.5 Å². The average molecular weight is 357 g/mol. The van der Waals surface area contributed by atoms with Crippen LogP contribution in [0, 0.1) is 0 Å². The van der Waals surface area contributed by atoms with E-state index in [0.29, 0.717) is 32.3 Å². The van der Waals surface area contributed by atoms with E-state index in [9.17, 15) is 14.4 Å². The molecule has 1 spiro atoms. The van der Waals surface area contributed by atoms with E-state index in [1.54, 1.807) is 18.9 Å². The van der Waals surface area contributed by atoms with Gasteiger partial charge in [-0.05, 0) is 29.2 Å². The second-order valence-electron chi connectivity index (χ2n) is 7.71. The van der Waals surface area contributed by atoms with Crippen molar-refractivity contribution < 1.29 is 19.1 Å². The number of carbonyl (C=O) groups is 3. The number of nitrogens with zero attached hydrogens (tertiary/aromatic N) is 2. The molecule has 0 radical (unpaired) electrons. The monoisotopic (exact) mass is 357 g/mol. The van der Waals surface area contributed by atoms with Crippen molar-refractivity contribution in [3.05, 3.63) is 34.4 Å². The number of hydrogen-bond donors (Lipinski definition) is 1. The van der Waals surface area contributed by atoms with Crippen LogP contribution in [0.2, 0.25) is 0 Å². The van der Waals surface area contributed by atoms with Crippen LogP contribution in [-0.2, 0) is 40.0 Å². The van der Waals surface area contributed by atoms with Gasteiger partial charge < -0.3 is 15.4 Å². The van der Waals surface area contributed by atoms with E-state index in [4.69, 9.17) is 10.5 Å². The minimum atomic E-state index is -1.01. The number of imide groups is 1. The average Bonchev–Trinajstić information content (AvgIpc) is 3.18. The van der Waals surface area contributed by atoms with Crippen LogP contribution in [0.4, 0.5) is 4.79 Å². The topological polar surface area (TPSA) is 92.9 Å². The second kappa shape index (κ2) is 5.30. The summed E-state index contributed by atoms with van der Waals surface area (Å²) in [6.07, 6.45) is 1.87. The summed E-state index contributed by atoms with van der Waals surface area (Å²) in [5.41, 5.74) is 8.65. The highest BCUT2D eigenvalue weighted by Crippen LogP contribution is 2.42. The number of fused-ring (bicyclic) bond motifs is 2. The number of hydrogen-bond acceptors (Lipinski definition) is 5. The molecule has 7 nitrogen and oxygen atoms in total. The lowest BCUT2D eigenvalue weighted by Gasteiger charge is -2.27. The van der Waals surface area contributed by atoms with Gasteiger partial charge in [-0.25, -0.2) is 4.79 Å². The first-order valence-corrected chi connectivity index (χ1v) is 8.87. The van der Waals surface area contributed by atoms with E-state index in [2.05, 4.69) is 12.1 Å². The molecular weight excluding hydrogens is 334 g/mol. The molecular formula is C19H23N3O4. The summed E-state index contributed by atoms with van der Waals surface area (Å²) < 4.78 is 5.13. The van der Waals surface area contributed by atoms with Crippen LogP contribution in [0.1, 0.15) is 29.2 Å². The fourth-order valence-electron chi connectivity index (χ4n) is 4.64. The molecule has 138 valence electrons. The van der Waals surface area contributed by atoms with Crippen LogP contribution >= 0.6 is 0 Å². The van der Waals surface area contributed by atoms with Gasteiger partial charge in [0.2, 0.25) is 0 Å². The van der Waals surface area contributed by atoms with Crippen molar-refractivity contribution >= 4 is 17.9 Å². The van der Waals surface area contributed by atoms with Gasteiger partial charge in [0.25, 0.3) is 5.91 Å². The molecule has 1 saturated heterocycles. The Kier molecular flexibility index (Phi) is 3.47. The van der Waals surface area contributed by atoms with E-state index < -0.39 is 11.1 Å². The molecule has 1 fully saturated rings. The predicted molar refractivity (Wildman–Crippen MR) is 93.5 cm³/mol. The minimum Gasteiger partial charge on any atom is -0.465 e. The zero-order valence-electron chi connectivity index (χ0n) is 15.3. The molecule has 1 aromatic carbocycles. The van der Waals surface area contributed by atoms with Crippen LogP contribution in [0.25, 0.3) is 0 Å². The van der Waals surface area contributed by atoms with Gasteiger partial charge in [0.05, 0.1) is 6.61 Å². The molecule has 4 rings (SSSR count). The molecule has 2 N–H and O–H groups in total. The number of benzene rings is 1. The first kappa shape index (κ1) is 17.0. The van der Waals surface area contributed by atoms with Crippen molar-refractivity contribution in [2.45, 2.75) is 43.7 Å².